The summed E-state index contributed by atoms with van der Waals surface area (Å²) >= 11 is 0. The van der Waals surface area contributed by atoms with Crippen molar-refractivity contribution in [2.24, 2.45) is 0 Å². The molecule has 4 rings (SSSR count). The summed E-state index contributed by atoms with van der Waals surface area (Å²) in [5, 5.41) is 6.03. The van der Waals surface area contributed by atoms with E-state index in [1.54, 1.807) is 0 Å². The molecule has 1 heterocycles. The van der Waals surface area contributed by atoms with E-state index < -0.39 is 0 Å². The number of benzene rings is 3. The summed E-state index contributed by atoms with van der Waals surface area (Å²) in [5.74, 6) is 0.925. The summed E-state index contributed by atoms with van der Waals surface area (Å²) in [6.45, 7) is 7.25. The molecule has 4 aromatic rings. The van der Waals surface area contributed by atoms with Crippen LogP contribution in [0.25, 0.3) is 21.7 Å². The molecule has 0 fully saturated rings. The van der Waals surface area contributed by atoms with Gasteiger partial charge in [-0.25, -0.2) is 0 Å². The molecule has 29 heavy (non-hydrogen) atoms. The third-order valence-electron chi connectivity index (χ3n) is 4.99. The van der Waals surface area contributed by atoms with Gasteiger partial charge in [-0.15, -0.1) is 0 Å². The van der Waals surface area contributed by atoms with Crippen molar-refractivity contribution >= 4 is 27.6 Å². The van der Waals surface area contributed by atoms with Gasteiger partial charge in [0.15, 0.2) is 5.76 Å². The van der Waals surface area contributed by atoms with Crippen molar-refractivity contribution in [3.8, 4) is 5.75 Å². The van der Waals surface area contributed by atoms with Crippen LogP contribution in [0.1, 0.15) is 36.9 Å². The zero-order valence-corrected chi connectivity index (χ0v) is 17.0. The quantitative estimate of drug-likeness (QED) is 0.447. The number of amides is 1. The average molecular weight is 387 g/mol. The third kappa shape index (κ3) is 3.97. The first-order valence-electron chi connectivity index (χ1n) is 9.85. The summed E-state index contributed by atoms with van der Waals surface area (Å²) < 4.78 is 11.7. The predicted molar refractivity (Wildman–Crippen MR) is 117 cm³/mol. The first kappa shape index (κ1) is 19.1. The number of nitrogens with one attached hydrogen (secondary N) is 1. The van der Waals surface area contributed by atoms with E-state index in [2.05, 4.69) is 32.2 Å². The van der Waals surface area contributed by atoms with E-state index in [0.717, 1.165) is 27.5 Å². The fraction of sp³-hybridized carbons (Fsp3) is 0.240. The molecule has 0 atom stereocenters. The second-order valence-corrected chi connectivity index (χ2v) is 8.16. The van der Waals surface area contributed by atoms with Crippen LogP contribution < -0.4 is 10.1 Å². The first-order chi connectivity index (χ1) is 13.9. The summed E-state index contributed by atoms with van der Waals surface area (Å²) in [4.78, 5) is 12.5. The fourth-order valence-corrected chi connectivity index (χ4v) is 3.53. The molecule has 0 aliphatic heterocycles. The van der Waals surface area contributed by atoms with Gasteiger partial charge in [0, 0.05) is 5.39 Å². The van der Waals surface area contributed by atoms with Gasteiger partial charge in [0.25, 0.3) is 5.91 Å². The molecule has 0 saturated carbocycles. The normalized spacial score (nSPS) is 11.7. The Hall–Kier alpha value is -3.27. The van der Waals surface area contributed by atoms with E-state index in [1.165, 1.54) is 0 Å². The molecule has 0 radical (unpaired) electrons. The van der Waals surface area contributed by atoms with Crippen LogP contribution in [0.3, 0.4) is 0 Å². The zero-order valence-electron chi connectivity index (χ0n) is 17.0. The molecule has 0 bridgehead atoms. The fourth-order valence-electron chi connectivity index (χ4n) is 3.53. The number of carbonyl (C=O) groups is 1. The Balaban J connectivity index is 1.41. The van der Waals surface area contributed by atoms with Crippen molar-refractivity contribution < 1.29 is 13.9 Å². The Labute approximate surface area is 170 Å². The molecule has 0 unspecified atom stereocenters. The lowest BCUT2D eigenvalue weighted by Crippen LogP contribution is -2.28. The molecular formula is C25H25NO3. The number of para-hydroxylation sites is 1. The van der Waals surface area contributed by atoms with Gasteiger partial charge in [-0.3, -0.25) is 4.79 Å². The second-order valence-electron chi connectivity index (χ2n) is 8.16. The summed E-state index contributed by atoms with van der Waals surface area (Å²) in [7, 11) is 0. The molecule has 0 spiro atoms. The number of fused-ring (bicyclic) bond motifs is 3. The van der Waals surface area contributed by atoms with Crippen molar-refractivity contribution in [2.75, 3.05) is 13.2 Å². The van der Waals surface area contributed by atoms with Gasteiger partial charge in [0.2, 0.25) is 0 Å². The van der Waals surface area contributed by atoms with Gasteiger partial charge < -0.3 is 14.5 Å². The lowest BCUT2D eigenvalue weighted by Gasteiger charge is -2.22. The van der Waals surface area contributed by atoms with Gasteiger partial charge in [0.1, 0.15) is 17.9 Å². The summed E-state index contributed by atoms with van der Waals surface area (Å²) in [5.41, 5.74) is 1.86. The second kappa shape index (κ2) is 7.63. The van der Waals surface area contributed by atoms with Crippen LogP contribution in [-0.2, 0) is 5.41 Å². The molecule has 0 saturated heterocycles. The first-order valence-corrected chi connectivity index (χ1v) is 9.85. The number of hydrogen-bond acceptors (Lipinski definition) is 3. The Bertz CT molecular complexity index is 1170. The minimum atomic E-state index is -0.238. The van der Waals surface area contributed by atoms with E-state index >= 15 is 0 Å². The number of furan rings is 1. The Kier molecular flexibility index (Phi) is 5.01. The predicted octanol–water partition coefficient (Wildman–Crippen LogP) is 5.69. The van der Waals surface area contributed by atoms with Crippen LogP contribution in [0.4, 0.5) is 0 Å². The van der Waals surface area contributed by atoms with Crippen LogP contribution in [0.5, 0.6) is 5.75 Å². The van der Waals surface area contributed by atoms with E-state index in [9.17, 15) is 4.79 Å². The Morgan fingerprint density at radius 2 is 1.72 bits per heavy atom. The molecular weight excluding hydrogens is 362 g/mol. The lowest BCUT2D eigenvalue weighted by molar-refractivity contribution is 0.0921. The van der Waals surface area contributed by atoms with E-state index in [4.69, 9.17) is 9.15 Å². The van der Waals surface area contributed by atoms with E-state index in [1.807, 2.05) is 60.7 Å². The van der Waals surface area contributed by atoms with Crippen LogP contribution in [-0.4, -0.2) is 19.1 Å². The number of carbonyl (C=O) groups excluding carboxylic acids is 1. The largest absolute Gasteiger partial charge is 0.491 e. The highest BCUT2D eigenvalue weighted by Crippen LogP contribution is 2.31. The molecule has 1 aromatic heterocycles. The Morgan fingerprint density at radius 3 is 2.55 bits per heavy atom. The van der Waals surface area contributed by atoms with Crippen molar-refractivity contribution in [1.82, 2.24) is 5.32 Å². The molecule has 4 nitrogen and oxygen atoms in total. The van der Waals surface area contributed by atoms with Crippen LogP contribution in [0, 0.1) is 0 Å². The molecule has 4 heteroatoms. The highest BCUT2D eigenvalue weighted by Gasteiger charge is 2.18. The topological polar surface area (TPSA) is 51.5 Å². The van der Waals surface area contributed by atoms with Crippen LogP contribution >= 0.6 is 0 Å². The maximum Gasteiger partial charge on any atom is 0.287 e. The molecule has 1 amide bonds. The van der Waals surface area contributed by atoms with Crippen LogP contribution in [0.2, 0.25) is 0 Å². The molecule has 0 aliphatic carbocycles. The van der Waals surface area contributed by atoms with E-state index in [-0.39, 0.29) is 11.3 Å². The minimum absolute atomic E-state index is 0.00308. The third-order valence-corrected chi connectivity index (χ3v) is 4.99. The maximum absolute atomic E-state index is 12.5. The molecule has 0 aliphatic rings. The standard InChI is InChI=1S/C25H25NO3/c1-25(2,3)20-10-6-7-11-22(20)28-15-14-26-24(27)23-16-19-18-9-5-4-8-17(18)12-13-21(19)29-23/h4-13,16H,14-15H2,1-3H3,(H,26,27). The van der Waals surface area contributed by atoms with Crippen LogP contribution in [0.15, 0.2) is 71.1 Å². The van der Waals surface area contributed by atoms with Crippen molar-refractivity contribution in [2.45, 2.75) is 26.2 Å². The van der Waals surface area contributed by atoms with Gasteiger partial charge in [0.05, 0.1) is 6.54 Å². The SMILES string of the molecule is CC(C)(C)c1ccccc1OCCNC(=O)c1cc2c(ccc3ccccc32)o1. The number of ether oxygens (including phenoxy) is 1. The maximum atomic E-state index is 12.5. The highest BCUT2D eigenvalue weighted by atomic mass is 16.5. The number of rotatable bonds is 5. The summed E-state index contributed by atoms with van der Waals surface area (Å²) in [6, 6.07) is 21.8. The Morgan fingerprint density at radius 1 is 0.966 bits per heavy atom. The zero-order chi connectivity index (χ0) is 20.4. The molecule has 3 aromatic carbocycles. The highest BCUT2D eigenvalue weighted by molar-refractivity contribution is 6.08. The number of hydrogen-bond donors (Lipinski definition) is 1. The summed E-state index contributed by atoms with van der Waals surface area (Å²) in [6.07, 6.45) is 0. The molecule has 1 N–H and O–H groups in total. The van der Waals surface area contributed by atoms with Crippen molar-refractivity contribution in [1.29, 1.82) is 0 Å². The smallest absolute Gasteiger partial charge is 0.287 e. The van der Waals surface area contributed by atoms with E-state index in [0.29, 0.717) is 24.5 Å². The van der Waals surface area contributed by atoms with Crippen molar-refractivity contribution in [3.63, 3.8) is 0 Å². The molecule has 148 valence electrons. The lowest BCUT2D eigenvalue weighted by atomic mass is 9.86. The van der Waals surface area contributed by atoms with Gasteiger partial charge >= 0.3 is 0 Å². The monoisotopic (exact) mass is 387 g/mol. The van der Waals surface area contributed by atoms with Crippen molar-refractivity contribution in [3.05, 3.63) is 78.1 Å². The van der Waals surface area contributed by atoms with Gasteiger partial charge in [-0.1, -0.05) is 69.3 Å². The van der Waals surface area contributed by atoms with Gasteiger partial charge in [-0.2, -0.15) is 0 Å². The van der Waals surface area contributed by atoms with Gasteiger partial charge in [-0.05, 0) is 39.9 Å². The minimum Gasteiger partial charge on any atom is -0.491 e. The average Bonchev–Trinajstić information content (AvgIpc) is 3.16.